The summed E-state index contributed by atoms with van der Waals surface area (Å²) in [5, 5.41) is 3.62. The molecule has 0 unspecified atom stereocenters. The highest BCUT2D eigenvalue weighted by molar-refractivity contribution is 6.08. The zero-order valence-electron chi connectivity index (χ0n) is 15.6. The summed E-state index contributed by atoms with van der Waals surface area (Å²) >= 11 is 0. The number of ether oxygens (including phenoxy) is 1. The van der Waals surface area contributed by atoms with E-state index in [9.17, 15) is 14.0 Å². The molecule has 1 aromatic carbocycles. The Bertz CT molecular complexity index is 755. The lowest BCUT2D eigenvalue weighted by atomic mass is 10.0. The van der Waals surface area contributed by atoms with Gasteiger partial charge in [0, 0.05) is 23.6 Å². The second-order valence-corrected chi connectivity index (χ2v) is 6.72. The normalized spacial score (nSPS) is 12.3. The summed E-state index contributed by atoms with van der Waals surface area (Å²) in [5.74, 6) is -0.837. The Morgan fingerprint density at radius 1 is 1.19 bits per heavy atom. The first kappa shape index (κ1) is 19.9. The number of aromatic nitrogens is 1. The number of carbonyl (C=O) groups is 2. The summed E-state index contributed by atoms with van der Waals surface area (Å²) in [4.78, 5) is 24.7. The van der Waals surface area contributed by atoms with Gasteiger partial charge >= 0.3 is 5.97 Å². The molecule has 1 amide bonds. The van der Waals surface area contributed by atoms with Crippen LogP contribution >= 0.6 is 0 Å². The molecular weight excluding hydrogens is 335 g/mol. The summed E-state index contributed by atoms with van der Waals surface area (Å²) in [6.45, 7) is 4.13. The van der Waals surface area contributed by atoms with Gasteiger partial charge in [-0.05, 0) is 31.2 Å². The molecule has 1 N–H and O–H groups in total. The van der Waals surface area contributed by atoms with Crippen LogP contribution in [0.25, 0.3) is 10.9 Å². The number of amides is 1. The fourth-order valence-corrected chi connectivity index (χ4v) is 3.01. The fraction of sp³-hybridized carbons (Fsp3) is 0.500. The zero-order chi connectivity index (χ0) is 19.1. The van der Waals surface area contributed by atoms with Gasteiger partial charge in [0.1, 0.15) is 6.04 Å². The minimum Gasteiger partial charge on any atom is -0.467 e. The average Bonchev–Trinajstić information content (AvgIpc) is 3.01. The van der Waals surface area contributed by atoms with Crippen molar-refractivity contribution in [2.24, 2.45) is 5.92 Å². The Morgan fingerprint density at radius 2 is 1.92 bits per heavy atom. The first-order valence-electron chi connectivity index (χ1n) is 9.02. The monoisotopic (exact) mass is 362 g/mol. The highest BCUT2D eigenvalue weighted by atomic mass is 19.1. The van der Waals surface area contributed by atoms with Gasteiger partial charge < -0.3 is 14.6 Å². The van der Waals surface area contributed by atoms with E-state index >= 15 is 0 Å². The van der Waals surface area contributed by atoms with Gasteiger partial charge in [0.05, 0.1) is 19.3 Å². The van der Waals surface area contributed by atoms with Crippen molar-refractivity contribution in [3.05, 3.63) is 36.0 Å². The molecule has 1 atom stereocenters. The first-order chi connectivity index (χ1) is 12.5. The Hall–Kier alpha value is -2.37. The molecule has 2 rings (SSSR count). The van der Waals surface area contributed by atoms with Crippen LogP contribution in [0.5, 0.6) is 0 Å². The number of unbranched alkanes of at least 4 members (excludes halogenated alkanes) is 2. The van der Waals surface area contributed by atoms with Crippen LogP contribution in [0.1, 0.15) is 43.5 Å². The largest absolute Gasteiger partial charge is 0.467 e. The van der Waals surface area contributed by atoms with Crippen LogP contribution in [0.2, 0.25) is 0 Å². The van der Waals surface area contributed by atoms with Crippen molar-refractivity contribution < 1.29 is 18.7 Å². The number of carbonyl (C=O) groups excluding carboxylic acids is 2. The number of hydrogen-bond donors (Lipinski definition) is 1. The number of fused-ring (bicyclic) bond motifs is 1. The number of rotatable bonds is 9. The number of esters is 1. The van der Waals surface area contributed by atoms with Crippen LogP contribution in [-0.4, -0.2) is 36.3 Å². The topological polar surface area (TPSA) is 60.3 Å². The van der Waals surface area contributed by atoms with Gasteiger partial charge in [-0.3, -0.25) is 9.18 Å². The summed E-state index contributed by atoms with van der Waals surface area (Å²) in [5.41, 5.74) is 1.48. The van der Waals surface area contributed by atoms with Gasteiger partial charge in [0.25, 0.3) is 5.91 Å². The minimum absolute atomic E-state index is 0.0829. The molecule has 0 aliphatic carbocycles. The van der Waals surface area contributed by atoms with E-state index in [1.54, 1.807) is 0 Å². The zero-order valence-corrected chi connectivity index (χ0v) is 15.6. The number of aryl methyl sites for hydroxylation is 1. The van der Waals surface area contributed by atoms with Crippen LogP contribution in [0, 0.1) is 5.92 Å². The SMILES string of the molecule is COC(=O)[C@@H](NC(=O)c1cn(CCCCCF)c2ccccc12)C(C)C. The molecule has 1 heterocycles. The molecule has 2 aromatic rings. The van der Waals surface area contributed by atoms with E-state index < -0.39 is 12.0 Å². The molecule has 6 heteroatoms. The van der Waals surface area contributed by atoms with Crippen molar-refractivity contribution >= 4 is 22.8 Å². The third-order valence-corrected chi connectivity index (χ3v) is 4.47. The predicted octanol–water partition coefficient (Wildman–Crippen LogP) is 3.71. The average molecular weight is 362 g/mol. The standard InChI is InChI=1S/C20H27FN2O3/c1-14(2)18(20(25)26-3)22-19(24)16-13-23(12-8-4-7-11-21)17-10-6-5-9-15(16)17/h5-6,9-10,13-14,18H,4,7-8,11-12H2,1-3H3,(H,22,24)/t18-/m0/s1. The lowest BCUT2D eigenvalue weighted by Crippen LogP contribution is -2.45. The predicted molar refractivity (Wildman–Crippen MR) is 99.9 cm³/mol. The number of alkyl halides is 1. The number of para-hydroxylation sites is 1. The van der Waals surface area contributed by atoms with Gasteiger partial charge in [-0.25, -0.2) is 4.79 Å². The maximum absolute atomic E-state index is 12.8. The van der Waals surface area contributed by atoms with E-state index in [1.807, 2.05) is 48.9 Å². The van der Waals surface area contributed by atoms with Crippen molar-refractivity contribution in [1.82, 2.24) is 9.88 Å². The lowest BCUT2D eigenvalue weighted by molar-refractivity contribution is -0.144. The Kier molecular flexibility index (Phi) is 7.18. The number of hydrogen-bond acceptors (Lipinski definition) is 3. The third kappa shape index (κ3) is 4.62. The van der Waals surface area contributed by atoms with Gasteiger partial charge in [-0.15, -0.1) is 0 Å². The van der Waals surface area contributed by atoms with E-state index in [2.05, 4.69) is 5.32 Å². The minimum atomic E-state index is -0.695. The summed E-state index contributed by atoms with van der Waals surface area (Å²) in [6.07, 6.45) is 4.02. The molecule has 0 aliphatic heterocycles. The maximum atomic E-state index is 12.8. The number of nitrogens with one attached hydrogen (secondary N) is 1. The van der Waals surface area contributed by atoms with Crippen LogP contribution in [0.15, 0.2) is 30.5 Å². The molecule has 26 heavy (non-hydrogen) atoms. The van der Waals surface area contributed by atoms with Gasteiger partial charge in [0.15, 0.2) is 0 Å². The molecule has 142 valence electrons. The van der Waals surface area contributed by atoms with Gasteiger partial charge in [-0.2, -0.15) is 0 Å². The van der Waals surface area contributed by atoms with Gasteiger partial charge in [0.2, 0.25) is 0 Å². The first-order valence-corrected chi connectivity index (χ1v) is 9.02. The molecule has 5 nitrogen and oxygen atoms in total. The third-order valence-electron chi connectivity index (χ3n) is 4.47. The molecular formula is C20H27FN2O3. The van der Waals surface area contributed by atoms with E-state index in [1.165, 1.54) is 7.11 Å². The van der Waals surface area contributed by atoms with Crippen LogP contribution in [0.4, 0.5) is 4.39 Å². The number of halogens is 1. The number of benzene rings is 1. The van der Waals surface area contributed by atoms with Crippen molar-refractivity contribution in [2.45, 2.75) is 45.7 Å². The van der Waals surface area contributed by atoms with E-state index in [-0.39, 0.29) is 18.5 Å². The molecule has 0 bridgehead atoms. The number of methoxy groups -OCH3 is 1. The van der Waals surface area contributed by atoms with E-state index in [0.29, 0.717) is 12.0 Å². The van der Waals surface area contributed by atoms with E-state index in [0.717, 1.165) is 30.3 Å². The quantitative estimate of drug-likeness (QED) is 0.546. The molecule has 0 saturated carbocycles. The highest BCUT2D eigenvalue weighted by Crippen LogP contribution is 2.22. The second kappa shape index (κ2) is 9.36. The molecule has 0 fully saturated rings. The lowest BCUT2D eigenvalue weighted by Gasteiger charge is -2.19. The van der Waals surface area contributed by atoms with Crippen LogP contribution in [0.3, 0.4) is 0 Å². The fourth-order valence-electron chi connectivity index (χ4n) is 3.01. The number of nitrogens with zero attached hydrogens (tertiary/aromatic N) is 1. The molecule has 0 aliphatic rings. The molecule has 0 radical (unpaired) electrons. The Morgan fingerprint density at radius 3 is 2.58 bits per heavy atom. The van der Waals surface area contributed by atoms with Crippen LogP contribution in [-0.2, 0) is 16.1 Å². The Labute approximate surface area is 153 Å². The smallest absolute Gasteiger partial charge is 0.328 e. The second-order valence-electron chi connectivity index (χ2n) is 6.72. The van der Waals surface area contributed by atoms with Crippen molar-refractivity contribution in [1.29, 1.82) is 0 Å². The maximum Gasteiger partial charge on any atom is 0.328 e. The van der Waals surface area contributed by atoms with Crippen molar-refractivity contribution in [3.63, 3.8) is 0 Å². The van der Waals surface area contributed by atoms with E-state index in [4.69, 9.17) is 4.74 Å². The summed E-state index contributed by atoms with van der Waals surface area (Å²) < 4.78 is 19.1. The molecule has 0 spiro atoms. The summed E-state index contributed by atoms with van der Waals surface area (Å²) in [6, 6.07) is 6.96. The Balaban J connectivity index is 2.25. The van der Waals surface area contributed by atoms with Crippen molar-refractivity contribution in [3.8, 4) is 0 Å². The van der Waals surface area contributed by atoms with Gasteiger partial charge in [-0.1, -0.05) is 32.0 Å². The molecule has 1 aromatic heterocycles. The van der Waals surface area contributed by atoms with Crippen LogP contribution < -0.4 is 5.32 Å². The molecule has 0 saturated heterocycles. The highest BCUT2D eigenvalue weighted by Gasteiger charge is 2.26. The van der Waals surface area contributed by atoms with Crippen molar-refractivity contribution in [2.75, 3.05) is 13.8 Å². The summed E-state index contributed by atoms with van der Waals surface area (Å²) in [7, 11) is 1.31.